The van der Waals surface area contributed by atoms with E-state index in [9.17, 15) is 0 Å². The number of rotatable bonds is 6. The van der Waals surface area contributed by atoms with Crippen LogP contribution >= 0.6 is 0 Å². The topological polar surface area (TPSA) is 12.0 Å². The third-order valence-corrected chi connectivity index (χ3v) is 5.07. The first kappa shape index (κ1) is 15.1. The molecule has 0 amide bonds. The highest BCUT2D eigenvalue weighted by molar-refractivity contribution is 5.75. The number of fused-ring (bicyclic) bond motifs is 2. The summed E-state index contributed by atoms with van der Waals surface area (Å²) >= 11 is 0. The molecule has 0 spiro atoms. The van der Waals surface area contributed by atoms with Gasteiger partial charge in [0.25, 0.3) is 0 Å². The number of hydrogen-bond donors (Lipinski definition) is 1. The van der Waals surface area contributed by atoms with Gasteiger partial charge in [-0.05, 0) is 36.1 Å². The number of benzene rings is 2. The Hall–Kier alpha value is -1.76. The zero-order valence-electron chi connectivity index (χ0n) is 13.9. The SMILES string of the molecule is CCCCC1(CCCC)c2ccccc2Nc2ccccc21. The summed E-state index contributed by atoms with van der Waals surface area (Å²) in [5.74, 6) is 0. The molecule has 0 bridgehead atoms. The lowest BCUT2D eigenvalue weighted by Crippen LogP contribution is -2.32. The maximum Gasteiger partial charge on any atom is 0.0426 e. The van der Waals surface area contributed by atoms with Gasteiger partial charge in [0, 0.05) is 16.8 Å². The molecule has 0 aromatic heterocycles. The van der Waals surface area contributed by atoms with Crippen molar-refractivity contribution in [2.75, 3.05) is 5.32 Å². The Labute approximate surface area is 134 Å². The minimum atomic E-state index is 0.185. The standard InChI is InChI=1S/C21H27N/c1-3-5-15-21(16-6-4-2)17-11-7-9-13-19(17)22-20-14-10-8-12-18(20)21/h7-14,22H,3-6,15-16H2,1-2H3. The van der Waals surface area contributed by atoms with E-state index in [1.165, 1.54) is 61.0 Å². The summed E-state index contributed by atoms with van der Waals surface area (Å²) in [6.45, 7) is 4.60. The van der Waals surface area contributed by atoms with Gasteiger partial charge in [-0.15, -0.1) is 0 Å². The van der Waals surface area contributed by atoms with E-state index in [0.717, 1.165) is 0 Å². The molecular weight excluding hydrogens is 266 g/mol. The molecule has 0 unspecified atom stereocenters. The maximum absolute atomic E-state index is 3.65. The molecule has 0 radical (unpaired) electrons. The van der Waals surface area contributed by atoms with Gasteiger partial charge >= 0.3 is 0 Å². The van der Waals surface area contributed by atoms with E-state index in [1.807, 2.05) is 0 Å². The Bertz CT molecular complexity index is 574. The predicted octanol–water partition coefficient (Wildman–Crippen LogP) is 6.41. The molecule has 0 saturated heterocycles. The fourth-order valence-electron chi connectivity index (χ4n) is 3.93. The molecule has 1 N–H and O–H groups in total. The van der Waals surface area contributed by atoms with Crippen LogP contribution < -0.4 is 5.32 Å². The van der Waals surface area contributed by atoms with Crippen LogP contribution in [0.2, 0.25) is 0 Å². The van der Waals surface area contributed by atoms with Crippen LogP contribution in [0.3, 0.4) is 0 Å². The molecule has 3 rings (SSSR count). The summed E-state index contributed by atoms with van der Waals surface area (Å²) in [6.07, 6.45) is 7.58. The molecule has 116 valence electrons. The first-order valence-electron chi connectivity index (χ1n) is 8.78. The zero-order valence-corrected chi connectivity index (χ0v) is 13.9. The van der Waals surface area contributed by atoms with Gasteiger partial charge in [0.1, 0.15) is 0 Å². The van der Waals surface area contributed by atoms with Crippen molar-refractivity contribution in [1.82, 2.24) is 0 Å². The van der Waals surface area contributed by atoms with Crippen molar-refractivity contribution in [1.29, 1.82) is 0 Å². The minimum Gasteiger partial charge on any atom is -0.355 e. The number of unbranched alkanes of at least 4 members (excludes halogenated alkanes) is 2. The van der Waals surface area contributed by atoms with E-state index in [2.05, 4.69) is 67.7 Å². The van der Waals surface area contributed by atoms with Crippen LogP contribution in [0, 0.1) is 0 Å². The third-order valence-electron chi connectivity index (χ3n) is 5.07. The van der Waals surface area contributed by atoms with Gasteiger partial charge in [0.05, 0.1) is 0 Å². The lowest BCUT2D eigenvalue weighted by atomic mass is 9.65. The minimum absolute atomic E-state index is 0.185. The van der Waals surface area contributed by atoms with Gasteiger partial charge in [-0.2, -0.15) is 0 Å². The van der Waals surface area contributed by atoms with E-state index in [0.29, 0.717) is 0 Å². The molecule has 0 atom stereocenters. The van der Waals surface area contributed by atoms with E-state index < -0.39 is 0 Å². The Morgan fingerprint density at radius 2 is 1.18 bits per heavy atom. The van der Waals surface area contributed by atoms with Crippen LogP contribution in [0.4, 0.5) is 11.4 Å². The predicted molar refractivity (Wildman–Crippen MR) is 96.0 cm³/mol. The summed E-state index contributed by atoms with van der Waals surface area (Å²) in [4.78, 5) is 0. The van der Waals surface area contributed by atoms with E-state index >= 15 is 0 Å². The van der Waals surface area contributed by atoms with Crippen molar-refractivity contribution >= 4 is 11.4 Å². The average molecular weight is 293 g/mol. The normalized spacial score (nSPS) is 14.8. The van der Waals surface area contributed by atoms with Crippen molar-refractivity contribution in [2.24, 2.45) is 0 Å². The summed E-state index contributed by atoms with van der Waals surface area (Å²) in [7, 11) is 0. The fraction of sp³-hybridized carbons (Fsp3) is 0.429. The van der Waals surface area contributed by atoms with Crippen molar-refractivity contribution in [3.63, 3.8) is 0 Å². The highest BCUT2D eigenvalue weighted by Gasteiger charge is 2.39. The first-order chi connectivity index (χ1) is 10.8. The second kappa shape index (κ2) is 6.56. The molecule has 0 aliphatic carbocycles. The van der Waals surface area contributed by atoms with Crippen LogP contribution in [0.5, 0.6) is 0 Å². The van der Waals surface area contributed by atoms with Crippen molar-refractivity contribution < 1.29 is 0 Å². The molecule has 2 aromatic carbocycles. The number of para-hydroxylation sites is 2. The molecular formula is C21H27N. The van der Waals surface area contributed by atoms with Gasteiger partial charge in [0.2, 0.25) is 0 Å². The zero-order chi connectivity index (χ0) is 15.4. The maximum atomic E-state index is 3.65. The second-order valence-corrected chi connectivity index (χ2v) is 6.51. The van der Waals surface area contributed by atoms with Crippen LogP contribution in [-0.4, -0.2) is 0 Å². The average Bonchev–Trinajstić information content (AvgIpc) is 2.57. The Morgan fingerprint density at radius 1 is 0.727 bits per heavy atom. The van der Waals surface area contributed by atoms with Gasteiger partial charge in [-0.3, -0.25) is 0 Å². The number of anilines is 2. The molecule has 1 heterocycles. The Kier molecular flexibility index (Phi) is 4.52. The lowest BCUT2D eigenvalue weighted by Gasteiger charge is -2.42. The highest BCUT2D eigenvalue weighted by atomic mass is 14.9. The number of hydrogen-bond acceptors (Lipinski definition) is 1. The van der Waals surface area contributed by atoms with Crippen LogP contribution in [0.25, 0.3) is 0 Å². The van der Waals surface area contributed by atoms with Gasteiger partial charge in [0.15, 0.2) is 0 Å². The quantitative estimate of drug-likeness (QED) is 0.649. The van der Waals surface area contributed by atoms with Gasteiger partial charge in [-0.1, -0.05) is 75.9 Å². The molecule has 1 nitrogen and oxygen atoms in total. The lowest BCUT2D eigenvalue weighted by molar-refractivity contribution is 0.405. The molecule has 2 aromatic rings. The summed E-state index contributed by atoms with van der Waals surface area (Å²) in [5.41, 5.74) is 5.78. The highest BCUT2D eigenvalue weighted by Crippen LogP contribution is 2.51. The van der Waals surface area contributed by atoms with Crippen LogP contribution in [0.15, 0.2) is 48.5 Å². The second-order valence-electron chi connectivity index (χ2n) is 6.51. The monoisotopic (exact) mass is 293 g/mol. The van der Waals surface area contributed by atoms with Crippen LogP contribution in [0.1, 0.15) is 63.5 Å². The Morgan fingerprint density at radius 3 is 1.64 bits per heavy atom. The molecule has 0 saturated carbocycles. The third kappa shape index (κ3) is 2.54. The van der Waals surface area contributed by atoms with Crippen molar-refractivity contribution in [3.05, 3.63) is 59.7 Å². The Balaban J connectivity index is 2.16. The van der Waals surface area contributed by atoms with Gasteiger partial charge in [-0.25, -0.2) is 0 Å². The number of nitrogens with one attached hydrogen (secondary N) is 1. The van der Waals surface area contributed by atoms with E-state index in [1.54, 1.807) is 0 Å². The molecule has 1 aliphatic heterocycles. The van der Waals surface area contributed by atoms with Crippen molar-refractivity contribution in [2.45, 2.75) is 57.8 Å². The van der Waals surface area contributed by atoms with Crippen LogP contribution in [-0.2, 0) is 5.41 Å². The molecule has 1 heteroatoms. The largest absolute Gasteiger partial charge is 0.355 e. The molecule has 22 heavy (non-hydrogen) atoms. The molecule has 1 aliphatic rings. The van der Waals surface area contributed by atoms with E-state index in [4.69, 9.17) is 0 Å². The molecule has 0 fully saturated rings. The first-order valence-corrected chi connectivity index (χ1v) is 8.78. The van der Waals surface area contributed by atoms with E-state index in [-0.39, 0.29) is 5.41 Å². The fourth-order valence-corrected chi connectivity index (χ4v) is 3.93. The summed E-state index contributed by atoms with van der Waals surface area (Å²) in [6, 6.07) is 17.8. The van der Waals surface area contributed by atoms with Crippen molar-refractivity contribution in [3.8, 4) is 0 Å². The van der Waals surface area contributed by atoms with Gasteiger partial charge < -0.3 is 5.32 Å². The smallest absolute Gasteiger partial charge is 0.0426 e. The summed E-state index contributed by atoms with van der Waals surface area (Å²) < 4.78 is 0. The summed E-state index contributed by atoms with van der Waals surface area (Å²) in [5, 5.41) is 3.65.